The number of hydrogen-bond acceptors (Lipinski definition) is 5. The summed E-state index contributed by atoms with van der Waals surface area (Å²) in [5, 5.41) is 0.601. The molecule has 0 aliphatic carbocycles. The van der Waals surface area contributed by atoms with Crippen molar-refractivity contribution in [1.29, 1.82) is 0 Å². The lowest BCUT2D eigenvalue weighted by molar-refractivity contribution is 0.0533. The predicted octanol–water partition coefficient (Wildman–Crippen LogP) is 1.79. The molecule has 0 radical (unpaired) electrons. The van der Waals surface area contributed by atoms with Crippen LogP contribution < -0.4 is 0 Å². The molecule has 3 rings (SSSR count). The summed E-state index contributed by atoms with van der Waals surface area (Å²) < 4.78 is 7.78. The number of halogens is 1. The molecule has 114 valence electrons. The van der Waals surface area contributed by atoms with Crippen LogP contribution in [0.25, 0.3) is 0 Å². The van der Waals surface area contributed by atoms with E-state index >= 15 is 0 Å². The number of rotatable bonds is 2. The topological polar surface area (TPSA) is 66.4 Å². The summed E-state index contributed by atoms with van der Waals surface area (Å²) >= 11 is 6.84. The van der Waals surface area contributed by atoms with Gasteiger partial charge in [-0.3, -0.25) is 9.59 Å². The Bertz CT molecular complexity index is 667. The Balaban J connectivity index is 1.60. The molecule has 1 aliphatic heterocycles. The zero-order valence-electron chi connectivity index (χ0n) is 11.6. The monoisotopic (exact) mass is 336 g/mol. The van der Waals surface area contributed by atoms with Crippen LogP contribution in [0.3, 0.4) is 0 Å². The molecule has 0 unspecified atom stereocenters. The molecule has 0 N–H and O–H groups in total. The normalized spacial score (nSPS) is 15.0. The fraction of sp³-hybridized carbons (Fsp3) is 0.286. The molecule has 1 saturated heterocycles. The lowest BCUT2D eigenvalue weighted by atomic mass is 10.2. The SMILES string of the molecule is O=C(c1ccc(Cl)cc1)N1CCN(C(=O)c2cnsn2)CC1. The van der Waals surface area contributed by atoms with E-state index in [1.54, 1.807) is 34.1 Å². The smallest absolute Gasteiger partial charge is 0.275 e. The zero-order chi connectivity index (χ0) is 15.5. The van der Waals surface area contributed by atoms with Gasteiger partial charge in [0.15, 0.2) is 5.69 Å². The van der Waals surface area contributed by atoms with E-state index in [4.69, 9.17) is 11.6 Å². The second-order valence-electron chi connectivity index (χ2n) is 4.88. The summed E-state index contributed by atoms with van der Waals surface area (Å²) in [7, 11) is 0. The number of benzene rings is 1. The average Bonchev–Trinajstić information content (AvgIpc) is 3.09. The number of carbonyl (C=O) groups excluding carboxylic acids is 2. The van der Waals surface area contributed by atoms with Crippen LogP contribution >= 0.6 is 23.3 Å². The maximum Gasteiger partial charge on any atom is 0.275 e. The first-order chi connectivity index (χ1) is 10.6. The lowest BCUT2D eigenvalue weighted by Crippen LogP contribution is -2.50. The van der Waals surface area contributed by atoms with Gasteiger partial charge in [-0.2, -0.15) is 8.75 Å². The van der Waals surface area contributed by atoms with Crippen LogP contribution in [0.15, 0.2) is 30.5 Å². The number of piperazine rings is 1. The summed E-state index contributed by atoms with van der Waals surface area (Å²) in [5.41, 5.74) is 0.968. The number of hydrogen-bond donors (Lipinski definition) is 0. The van der Waals surface area contributed by atoms with Crippen LogP contribution in [0.5, 0.6) is 0 Å². The molecular weight excluding hydrogens is 324 g/mol. The van der Waals surface area contributed by atoms with E-state index in [1.807, 2.05) is 0 Å². The van der Waals surface area contributed by atoms with Crippen LogP contribution in [0.2, 0.25) is 5.02 Å². The highest BCUT2D eigenvalue weighted by Crippen LogP contribution is 2.14. The molecule has 6 nitrogen and oxygen atoms in total. The number of aromatic nitrogens is 2. The maximum atomic E-state index is 12.4. The number of nitrogens with zero attached hydrogens (tertiary/aromatic N) is 4. The lowest BCUT2D eigenvalue weighted by Gasteiger charge is -2.34. The Kier molecular flexibility index (Phi) is 4.35. The molecule has 0 spiro atoms. The molecule has 2 amide bonds. The van der Waals surface area contributed by atoms with Crippen molar-refractivity contribution in [3.05, 3.63) is 46.7 Å². The molecule has 0 saturated carbocycles. The second-order valence-corrected chi connectivity index (χ2v) is 5.88. The highest BCUT2D eigenvalue weighted by Gasteiger charge is 2.26. The standard InChI is InChI=1S/C14H13ClN4O2S/c15-11-3-1-10(2-4-11)13(20)18-5-7-19(8-6-18)14(21)12-9-16-22-17-12/h1-4,9H,5-8H2. The zero-order valence-corrected chi connectivity index (χ0v) is 13.2. The molecule has 8 heteroatoms. The van der Waals surface area contributed by atoms with Gasteiger partial charge >= 0.3 is 0 Å². The Labute approximate surface area is 136 Å². The van der Waals surface area contributed by atoms with Gasteiger partial charge in [0.2, 0.25) is 0 Å². The highest BCUT2D eigenvalue weighted by atomic mass is 35.5. The predicted molar refractivity (Wildman–Crippen MR) is 83.2 cm³/mol. The van der Waals surface area contributed by atoms with Gasteiger partial charge in [0, 0.05) is 36.8 Å². The molecular formula is C14H13ClN4O2S. The molecule has 0 bridgehead atoms. The van der Waals surface area contributed by atoms with Crippen molar-refractivity contribution in [3.8, 4) is 0 Å². The largest absolute Gasteiger partial charge is 0.335 e. The van der Waals surface area contributed by atoms with Crippen LogP contribution in [0.4, 0.5) is 0 Å². The van der Waals surface area contributed by atoms with Gasteiger partial charge in [-0.15, -0.1) is 0 Å². The average molecular weight is 337 g/mol. The third kappa shape index (κ3) is 3.10. The minimum Gasteiger partial charge on any atom is -0.335 e. The van der Waals surface area contributed by atoms with E-state index < -0.39 is 0 Å². The van der Waals surface area contributed by atoms with Crippen molar-refractivity contribution in [3.63, 3.8) is 0 Å². The molecule has 2 heterocycles. The first-order valence-corrected chi connectivity index (χ1v) is 7.87. The van der Waals surface area contributed by atoms with E-state index in [1.165, 1.54) is 6.20 Å². The molecule has 1 fully saturated rings. The maximum absolute atomic E-state index is 12.4. The van der Waals surface area contributed by atoms with Crippen molar-refractivity contribution in [1.82, 2.24) is 18.5 Å². The molecule has 1 aromatic carbocycles. The van der Waals surface area contributed by atoms with E-state index in [9.17, 15) is 9.59 Å². The van der Waals surface area contributed by atoms with Gasteiger partial charge < -0.3 is 9.80 Å². The summed E-state index contributed by atoms with van der Waals surface area (Å²) in [6.45, 7) is 2.00. The summed E-state index contributed by atoms with van der Waals surface area (Å²) in [6, 6.07) is 6.82. The van der Waals surface area contributed by atoms with Crippen molar-refractivity contribution >= 4 is 35.1 Å². The highest BCUT2D eigenvalue weighted by molar-refractivity contribution is 6.99. The fourth-order valence-corrected chi connectivity index (χ4v) is 2.84. The fourth-order valence-electron chi connectivity index (χ4n) is 2.31. The van der Waals surface area contributed by atoms with Crippen molar-refractivity contribution in [2.24, 2.45) is 0 Å². The minimum atomic E-state index is -0.132. The van der Waals surface area contributed by atoms with E-state index in [-0.39, 0.29) is 11.8 Å². The molecule has 22 heavy (non-hydrogen) atoms. The summed E-state index contributed by atoms with van der Waals surface area (Å²) in [5.74, 6) is -0.175. The number of carbonyl (C=O) groups is 2. The van der Waals surface area contributed by atoms with Gasteiger partial charge in [0.05, 0.1) is 17.9 Å². The molecule has 2 aromatic rings. The summed E-state index contributed by atoms with van der Waals surface area (Å²) in [4.78, 5) is 28.0. The third-order valence-electron chi connectivity index (χ3n) is 3.53. The van der Waals surface area contributed by atoms with Crippen LogP contribution in [-0.2, 0) is 0 Å². The summed E-state index contributed by atoms with van der Waals surface area (Å²) in [6.07, 6.45) is 1.47. The van der Waals surface area contributed by atoms with Gasteiger partial charge in [0.1, 0.15) is 0 Å². The number of amides is 2. The van der Waals surface area contributed by atoms with Gasteiger partial charge in [-0.1, -0.05) is 11.6 Å². The first-order valence-electron chi connectivity index (χ1n) is 6.77. The van der Waals surface area contributed by atoms with Gasteiger partial charge in [-0.25, -0.2) is 0 Å². The van der Waals surface area contributed by atoms with E-state index in [2.05, 4.69) is 8.75 Å². The Morgan fingerprint density at radius 1 is 1.00 bits per heavy atom. The van der Waals surface area contributed by atoms with E-state index in [0.717, 1.165) is 11.7 Å². The van der Waals surface area contributed by atoms with Crippen molar-refractivity contribution in [2.45, 2.75) is 0 Å². The second kappa shape index (κ2) is 6.41. The third-order valence-corrected chi connectivity index (χ3v) is 4.26. The first kappa shape index (κ1) is 14.9. The Morgan fingerprint density at radius 3 is 2.14 bits per heavy atom. The van der Waals surface area contributed by atoms with Crippen molar-refractivity contribution < 1.29 is 9.59 Å². The van der Waals surface area contributed by atoms with Crippen LogP contribution in [-0.4, -0.2) is 56.5 Å². The molecule has 1 aliphatic rings. The van der Waals surface area contributed by atoms with Crippen LogP contribution in [0.1, 0.15) is 20.8 Å². The van der Waals surface area contributed by atoms with Crippen LogP contribution in [0, 0.1) is 0 Å². The van der Waals surface area contributed by atoms with Crippen molar-refractivity contribution in [2.75, 3.05) is 26.2 Å². The van der Waals surface area contributed by atoms with Gasteiger partial charge in [0.25, 0.3) is 11.8 Å². The van der Waals surface area contributed by atoms with Gasteiger partial charge in [-0.05, 0) is 24.3 Å². The minimum absolute atomic E-state index is 0.0425. The molecule has 0 atom stereocenters. The molecule has 1 aromatic heterocycles. The van der Waals surface area contributed by atoms with E-state index in [0.29, 0.717) is 42.5 Å². The Hall–Kier alpha value is -1.99. The quantitative estimate of drug-likeness (QED) is 0.838. The Morgan fingerprint density at radius 2 is 1.59 bits per heavy atom.